The molecular weight excluding hydrogens is 248 g/mol. The van der Waals surface area contributed by atoms with E-state index in [4.69, 9.17) is 9.84 Å². The zero-order chi connectivity index (χ0) is 14.0. The van der Waals surface area contributed by atoms with Gasteiger partial charge in [-0.3, -0.25) is 14.4 Å². The number of Topliss-reactive ketones (excluding diaryl/α,β-unsaturated/α-hetero) is 1. The molecule has 0 aromatic heterocycles. The molecule has 0 spiro atoms. The maximum absolute atomic E-state index is 12.0. The van der Waals surface area contributed by atoms with E-state index in [-0.39, 0.29) is 18.6 Å². The molecule has 0 aliphatic heterocycles. The zero-order valence-electron chi connectivity index (χ0n) is 10.5. The van der Waals surface area contributed by atoms with Crippen LogP contribution in [-0.4, -0.2) is 28.9 Å². The highest BCUT2D eigenvalue weighted by molar-refractivity contribution is 6.05. The molecule has 0 radical (unpaired) electrons. The van der Waals surface area contributed by atoms with Crippen LogP contribution in [0.15, 0.2) is 30.3 Å². The van der Waals surface area contributed by atoms with E-state index in [1.807, 2.05) is 0 Å². The van der Waals surface area contributed by atoms with E-state index in [9.17, 15) is 14.4 Å². The summed E-state index contributed by atoms with van der Waals surface area (Å²) in [4.78, 5) is 34.7. The van der Waals surface area contributed by atoms with Crippen LogP contribution < -0.4 is 0 Å². The van der Waals surface area contributed by atoms with Crippen molar-refractivity contribution in [2.45, 2.75) is 25.9 Å². The second-order valence-corrected chi connectivity index (χ2v) is 4.67. The van der Waals surface area contributed by atoms with Crippen LogP contribution in [-0.2, 0) is 14.3 Å². The Morgan fingerprint density at radius 3 is 2.26 bits per heavy atom. The van der Waals surface area contributed by atoms with Crippen LogP contribution in [0.4, 0.5) is 0 Å². The van der Waals surface area contributed by atoms with Crippen LogP contribution in [0.5, 0.6) is 0 Å². The van der Waals surface area contributed by atoms with Crippen molar-refractivity contribution in [3.8, 4) is 0 Å². The summed E-state index contributed by atoms with van der Waals surface area (Å²) in [6.45, 7) is 1.45. The van der Waals surface area contributed by atoms with Crippen LogP contribution >= 0.6 is 0 Å². The molecule has 1 unspecified atom stereocenters. The Morgan fingerprint density at radius 1 is 1.21 bits per heavy atom. The second kappa shape index (κ2) is 4.84. The number of ether oxygens (including phenoxy) is 1. The fourth-order valence-corrected chi connectivity index (χ4v) is 1.79. The lowest BCUT2D eigenvalue weighted by Gasteiger charge is -2.15. The van der Waals surface area contributed by atoms with Gasteiger partial charge in [0.05, 0.1) is 0 Å². The standard InChI is InChI=1S/C14H14O5/c1-9(11(15)10-5-3-2-4-6-10)19-13(18)14(7-8-14)12(16)17/h2-6,9H,7-8H2,1H3,(H,16,17). The Bertz CT molecular complexity index is 516. The maximum atomic E-state index is 12.0. The van der Waals surface area contributed by atoms with Gasteiger partial charge in [0.25, 0.3) is 0 Å². The third-order valence-electron chi connectivity index (χ3n) is 3.26. The van der Waals surface area contributed by atoms with Crippen LogP contribution in [0.3, 0.4) is 0 Å². The third-order valence-corrected chi connectivity index (χ3v) is 3.26. The average Bonchev–Trinajstić information content (AvgIpc) is 3.20. The predicted octanol–water partition coefficient (Wildman–Crippen LogP) is 1.67. The number of hydrogen-bond acceptors (Lipinski definition) is 4. The largest absolute Gasteiger partial charge is 0.480 e. The van der Waals surface area contributed by atoms with Crippen LogP contribution in [0, 0.1) is 5.41 Å². The summed E-state index contributed by atoms with van der Waals surface area (Å²) in [6, 6.07) is 8.44. The molecule has 0 heterocycles. The first-order chi connectivity index (χ1) is 8.97. The number of aliphatic carboxylic acids is 1. The van der Waals surface area contributed by atoms with Gasteiger partial charge in [-0.1, -0.05) is 30.3 Å². The van der Waals surface area contributed by atoms with Gasteiger partial charge < -0.3 is 9.84 Å². The third kappa shape index (κ3) is 2.50. The summed E-state index contributed by atoms with van der Waals surface area (Å²) in [5, 5.41) is 8.96. The minimum absolute atomic E-state index is 0.271. The zero-order valence-corrected chi connectivity index (χ0v) is 10.5. The first-order valence-electron chi connectivity index (χ1n) is 6.01. The van der Waals surface area contributed by atoms with E-state index in [2.05, 4.69) is 0 Å². The van der Waals surface area contributed by atoms with Crippen LogP contribution in [0.2, 0.25) is 0 Å². The van der Waals surface area contributed by atoms with Gasteiger partial charge in [0.1, 0.15) is 0 Å². The second-order valence-electron chi connectivity index (χ2n) is 4.67. The lowest BCUT2D eigenvalue weighted by molar-refractivity contribution is -0.162. The molecule has 1 aromatic rings. The van der Waals surface area contributed by atoms with Gasteiger partial charge >= 0.3 is 11.9 Å². The Balaban J connectivity index is 2.02. The molecule has 1 saturated carbocycles. The highest BCUT2D eigenvalue weighted by Gasteiger charge is 2.59. The number of carboxylic acids is 1. The van der Waals surface area contributed by atoms with Crippen molar-refractivity contribution in [2.24, 2.45) is 5.41 Å². The summed E-state index contributed by atoms with van der Waals surface area (Å²) >= 11 is 0. The molecule has 1 fully saturated rings. The molecule has 5 heteroatoms. The summed E-state index contributed by atoms with van der Waals surface area (Å²) in [7, 11) is 0. The van der Waals surface area contributed by atoms with E-state index in [0.717, 1.165) is 0 Å². The molecule has 1 aliphatic carbocycles. The van der Waals surface area contributed by atoms with E-state index in [1.54, 1.807) is 30.3 Å². The number of carboxylic acid groups (broad SMARTS) is 1. The van der Waals surface area contributed by atoms with Gasteiger partial charge in [0.15, 0.2) is 11.5 Å². The van der Waals surface area contributed by atoms with Crippen molar-refractivity contribution in [2.75, 3.05) is 0 Å². The highest BCUT2D eigenvalue weighted by atomic mass is 16.6. The Hall–Kier alpha value is -2.17. The molecule has 100 valence electrons. The topological polar surface area (TPSA) is 80.7 Å². The summed E-state index contributed by atoms with van der Waals surface area (Å²) in [6.07, 6.45) is -0.437. The van der Waals surface area contributed by atoms with Crippen molar-refractivity contribution in [3.05, 3.63) is 35.9 Å². The normalized spacial score (nSPS) is 17.3. The number of esters is 1. The Kier molecular flexibility index (Phi) is 3.38. The van der Waals surface area contributed by atoms with Crippen LogP contribution in [0.25, 0.3) is 0 Å². The molecule has 1 atom stereocenters. The van der Waals surface area contributed by atoms with Crippen molar-refractivity contribution in [3.63, 3.8) is 0 Å². The monoisotopic (exact) mass is 262 g/mol. The van der Waals surface area contributed by atoms with Gasteiger partial charge in [-0.05, 0) is 19.8 Å². The van der Waals surface area contributed by atoms with Gasteiger partial charge in [-0.15, -0.1) is 0 Å². The molecule has 1 aromatic carbocycles. The van der Waals surface area contributed by atoms with Crippen molar-refractivity contribution in [1.82, 2.24) is 0 Å². The molecule has 19 heavy (non-hydrogen) atoms. The van der Waals surface area contributed by atoms with Crippen molar-refractivity contribution >= 4 is 17.7 Å². The first kappa shape index (κ1) is 13.3. The molecule has 1 aliphatic rings. The van der Waals surface area contributed by atoms with E-state index in [1.165, 1.54) is 6.92 Å². The maximum Gasteiger partial charge on any atom is 0.324 e. The average molecular weight is 262 g/mol. The Labute approximate surface area is 110 Å². The van der Waals surface area contributed by atoms with Gasteiger partial charge in [0.2, 0.25) is 5.78 Å². The quantitative estimate of drug-likeness (QED) is 0.496. The van der Waals surface area contributed by atoms with Crippen molar-refractivity contribution < 1.29 is 24.2 Å². The Morgan fingerprint density at radius 2 is 1.79 bits per heavy atom. The number of ketones is 1. The van der Waals surface area contributed by atoms with E-state index < -0.39 is 23.5 Å². The number of rotatable bonds is 5. The fraction of sp³-hybridized carbons (Fsp3) is 0.357. The molecule has 5 nitrogen and oxygen atoms in total. The summed E-state index contributed by atoms with van der Waals surface area (Å²) in [5.41, 5.74) is -0.992. The minimum Gasteiger partial charge on any atom is -0.480 e. The SMILES string of the molecule is CC(OC(=O)C1(C(=O)O)CC1)C(=O)c1ccccc1. The highest BCUT2D eigenvalue weighted by Crippen LogP contribution is 2.47. The number of hydrogen-bond donors (Lipinski definition) is 1. The minimum atomic E-state index is -1.43. The summed E-state index contributed by atoms with van der Waals surface area (Å²) < 4.78 is 4.99. The lowest BCUT2D eigenvalue weighted by atomic mass is 10.1. The predicted molar refractivity (Wildman–Crippen MR) is 65.6 cm³/mol. The van der Waals surface area contributed by atoms with E-state index >= 15 is 0 Å². The van der Waals surface area contributed by atoms with Gasteiger partial charge in [-0.25, -0.2) is 0 Å². The first-order valence-corrected chi connectivity index (χ1v) is 6.01. The van der Waals surface area contributed by atoms with Crippen LogP contribution in [0.1, 0.15) is 30.1 Å². The number of carbonyl (C=O) groups is 3. The molecule has 0 bridgehead atoms. The number of carbonyl (C=O) groups excluding carboxylic acids is 2. The smallest absolute Gasteiger partial charge is 0.324 e. The fourth-order valence-electron chi connectivity index (χ4n) is 1.79. The molecular formula is C14H14O5. The number of benzene rings is 1. The molecule has 0 saturated heterocycles. The molecule has 1 N–H and O–H groups in total. The molecule has 0 amide bonds. The van der Waals surface area contributed by atoms with Crippen molar-refractivity contribution in [1.29, 1.82) is 0 Å². The molecule has 2 rings (SSSR count). The lowest BCUT2D eigenvalue weighted by Crippen LogP contribution is -2.33. The van der Waals surface area contributed by atoms with Gasteiger partial charge in [0, 0.05) is 5.56 Å². The summed E-state index contributed by atoms with van der Waals surface area (Å²) in [5.74, 6) is -2.34. The van der Waals surface area contributed by atoms with E-state index in [0.29, 0.717) is 5.56 Å². The van der Waals surface area contributed by atoms with Gasteiger partial charge in [-0.2, -0.15) is 0 Å².